The second-order valence-electron chi connectivity index (χ2n) is 3.37. The lowest BCUT2D eigenvalue weighted by Gasteiger charge is -2.08. The molecule has 0 amide bonds. The molecule has 0 bridgehead atoms. The van der Waals surface area contributed by atoms with Gasteiger partial charge < -0.3 is 4.80 Å². The van der Waals surface area contributed by atoms with Crippen LogP contribution in [-0.4, -0.2) is 14.6 Å². The average molecular weight is 178 g/mol. The van der Waals surface area contributed by atoms with E-state index in [2.05, 4.69) is 19.9 Å². The van der Waals surface area contributed by atoms with Crippen molar-refractivity contribution in [3.63, 3.8) is 0 Å². The van der Waals surface area contributed by atoms with Crippen LogP contribution in [0, 0.1) is 5.92 Å². The van der Waals surface area contributed by atoms with Crippen LogP contribution in [0.4, 0.5) is 0 Å². The zero-order chi connectivity index (χ0) is 8.97. The van der Waals surface area contributed by atoms with Gasteiger partial charge in [-0.3, -0.25) is 0 Å². The van der Waals surface area contributed by atoms with Crippen LogP contribution in [0.1, 0.15) is 19.4 Å². The van der Waals surface area contributed by atoms with Crippen molar-refractivity contribution in [2.75, 3.05) is 0 Å². The molecular formula is C10H14OSi. The minimum atomic E-state index is -0.0716. The number of hydrogen-bond acceptors (Lipinski definition) is 1. The van der Waals surface area contributed by atoms with Crippen molar-refractivity contribution in [1.82, 2.24) is 0 Å². The van der Waals surface area contributed by atoms with E-state index in [0.29, 0.717) is 5.92 Å². The summed E-state index contributed by atoms with van der Waals surface area (Å²) in [4.78, 5) is 9.06. The molecule has 2 radical (unpaired) electrons. The normalized spacial score (nSPS) is 10.7. The van der Waals surface area contributed by atoms with E-state index >= 15 is 0 Å². The van der Waals surface area contributed by atoms with Crippen molar-refractivity contribution in [2.45, 2.75) is 20.3 Å². The molecule has 2 heteroatoms. The van der Waals surface area contributed by atoms with Gasteiger partial charge in [0.25, 0.3) is 9.76 Å². The molecule has 1 N–H and O–H groups in total. The highest BCUT2D eigenvalue weighted by Gasteiger charge is 2.03. The lowest BCUT2D eigenvalue weighted by Crippen LogP contribution is -2.19. The Balaban J connectivity index is 2.82. The van der Waals surface area contributed by atoms with E-state index in [1.165, 1.54) is 5.56 Å². The summed E-state index contributed by atoms with van der Waals surface area (Å²) < 4.78 is 0. The Morgan fingerprint density at radius 3 is 2.58 bits per heavy atom. The Morgan fingerprint density at radius 1 is 1.33 bits per heavy atom. The minimum Gasteiger partial charge on any atom is -0.428 e. The van der Waals surface area contributed by atoms with Crippen molar-refractivity contribution in [2.24, 2.45) is 5.92 Å². The van der Waals surface area contributed by atoms with Gasteiger partial charge in [-0.1, -0.05) is 38.1 Å². The first kappa shape index (κ1) is 9.48. The Kier molecular flexibility index (Phi) is 3.50. The van der Waals surface area contributed by atoms with Gasteiger partial charge in [0.05, 0.1) is 0 Å². The molecule has 12 heavy (non-hydrogen) atoms. The van der Waals surface area contributed by atoms with Crippen molar-refractivity contribution in [1.29, 1.82) is 0 Å². The van der Waals surface area contributed by atoms with Crippen molar-refractivity contribution >= 4 is 14.9 Å². The molecule has 0 aliphatic carbocycles. The molecule has 0 fully saturated rings. The molecule has 1 rings (SSSR count). The van der Waals surface area contributed by atoms with Gasteiger partial charge in [0.1, 0.15) is 0 Å². The van der Waals surface area contributed by atoms with Crippen LogP contribution in [0.15, 0.2) is 24.3 Å². The molecule has 0 saturated carbocycles. The molecule has 1 nitrogen and oxygen atoms in total. The van der Waals surface area contributed by atoms with Gasteiger partial charge in [-0.25, -0.2) is 0 Å². The van der Waals surface area contributed by atoms with Crippen molar-refractivity contribution in [3.05, 3.63) is 29.8 Å². The number of hydrogen-bond donors (Lipinski definition) is 1. The Hall–Kier alpha value is -0.603. The van der Waals surface area contributed by atoms with E-state index in [-0.39, 0.29) is 9.76 Å². The third-order valence-corrected chi connectivity index (χ3v) is 2.49. The van der Waals surface area contributed by atoms with Gasteiger partial charge in [-0.2, -0.15) is 0 Å². The smallest absolute Gasteiger partial charge is 0.265 e. The summed E-state index contributed by atoms with van der Waals surface area (Å²) in [7, 11) is -0.0716. The summed E-state index contributed by atoms with van der Waals surface area (Å²) in [5.74, 6) is 0.655. The van der Waals surface area contributed by atoms with Crippen molar-refractivity contribution < 1.29 is 4.80 Å². The van der Waals surface area contributed by atoms with Crippen LogP contribution >= 0.6 is 0 Å². The highest BCUT2D eigenvalue weighted by molar-refractivity contribution is 6.46. The molecular weight excluding hydrogens is 164 g/mol. The zero-order valence-electron chi connectivity index (χ0n) is 7.54. The predicted molar refractivity (Wildman–Crippen MR) is 52.6 cm³/mol. The second-order valence-corrected chi connectivity index (χ2v) is 4.13. The molecule has 1 aromatic carbocycles. The van der Waals surface area contributed by atoms with E-state index in [9.17, 15) is 0 Å². The molecule has 0 heterocycles. The largest absolute Gasteiger partial charge is 0.428 e. The maximum Gasteiger partial charge on any atom is 0.265 e. The first-order valence-electron chi connectivity index (χ1n) is 4.22. The molecule has 64 valence electrons. The van der Waals surface area contributed by atoms with Crippen LogP contribution in [-0.2, 0) is 6.42 Å². The third-order valence-electron chi connectivity index (χ3n) is 1.77. The van der Waals surface area contributed by atoms with Crippen LogP contribution in [0.5, 0.6) is 0 Å². The monoisotopic (exact) mass is 178 g/mol. The van der Waals surface area contributed by atoms with E-state index in [0.717, 1.165) is 11.6 Å². The maximum atomic E-state index is 9.06. The lowest BCUT2D eigenvalue weighted by molar-refractivity contribution is 0.612. The fourth-order valence-corrected chi connectivity index (χ4v) is 1.75. The Morgan fingerprint density at radius 2 is 2.00 bits per heavy atom. The summed E-state index contributed by atoms with van der Waals surface area (Å²) in [6.45, 7) is 4.38. The highest BCUT2D eigenvalue weighted by Crippen LogP contribution is 2.04. The number of rotatable bonds is 3. The molecule has 0 saturated heterocycles. The standard InChI is InChI=1S/C10H14OSi/c1-8(2)7-9-5-3-4-6-10(9)12-11/h3-6,8,11H,7H2,1-2H3. The van der Waals surface area contributed by atoms with Gasteiger partial charge in [0.2, 0.25) is 0 Å². The van der Waals surface area contributed by atoms with E-state index in [1.54, 1.807) is 0 Å². The summed E-state index contributed by atoms with van der Waals surface area (Å²) >= 11 is 0. The maximum absolute atomic E-state index is 9.06. The predicted octanol–water partition coefficient (Wildman–Crippen LogP) is 1.12. The molecule has 1 aromatic rings. The van der Waals surface area contributed by atoms with Crippen LogP contribution in [0.2, 0.25) is 0 Å². The van der Waals surface area contributed by atoms with Gasteiger partial charge in [-0.15, -0.1) is 0 Å². The summed E-state index contributed by atoms with van der Waals surface area (Å²) in [6, 6.07) is 8.10. The van der Waals surface area contributed by atoms with Gasteiger partial charge >= 0.3 is 0 Å². The summed E-state index contributed by atoms with van der Waals surface area (Å²) in [6.07, 6.45) is 1.06. The fraction of sp³-hybridized carbons (Fsp3) is 0.400. The third kappa shape index (κ3) is 2.46. The SMILES string of the molecule is CC(C)Cc1ccccc1[Si]O. The summed E-state index contributed by atoms with van der Waals surface area (Å²) in [5, 5.41) is 1.09. The van der Waals surface area contributed by atoms with Crippen LogP contribution < -0.4 is 5.19 Å². The van der Waals surface area contributed by atoms with Crippen molar-refractivity contribution in [3.8, 4) is 0 Å². The Bertz CT molecular complexity index is 245. The van der Waals surface area contributed by atoms with E-state index in [4.69, 9.17) is 4.80 Å². The van der Waals surface area contributed by atoms with E-state index in [1.807, 2.05) is 18.2 Å². The first-order valence-corrected chi connectivity index (χ1v) is 5.16. The molecule has 0 aliphatic heterocycles. The molecule has 0 atom stereocenters. The first-order chi connectivity index (χ1) is 5.74. The molecule has 0 aliphatic rings. The minimum absolute atomic E-state index is 0.0716. The topological polar surface area (TPSA) is 20.2 Å². The van der Waals surface area contributed by atoms with E-state index < -0.39 is 0 Å². The van der Waals surface area contributed by atoms with Crippen LogP contribution in [0.25, 0.3) is 0 Å². The molecule has 0 aromatic heterocycles. The highest BCUT2D eigenvalue weighted by atomic mass is 28.2. The van der Waals surface area contributed by atoms with Gasteiger partial charge in [0.15, 0.2) is 0 Å². The van der Waals surface area contributed by atoms with Gasteiger partial charge in [-0.05, 0) is 23.1 Å². The Labute approximate surface area is 76.4 Å². The average Bonchev–Trinajstić information content (AvgIpc) is 2.04. The quantitative estimate of drug-likeness (QED) is 0.688. The van der Waals surface area contributed by atoms with Gasteiger partial charge in [0, 0.05) is 0 Å². The fourth-order valence-electron chi connectivity index (χ4n) is 1.25. The summed E-state index contributed by atoms with van der Waals surface area (Å²) in [5.41, 5.74) is 1.29. The second kappa shape index (κ2) is 4.43. The molecule has 0 spiro atoms. The molecule has 0 unspecified atom stereocenters. The zero-order valence-corrected chi connectivity index (χ0v) is 8.54. The lowest BCUT2D eigenvalue weighted by atomic mass is 10.0. The van der Waals surface area contributed by atoms with Crippen LogP contribution in [0.3, 0.4) is 0 Å². The number of benzene rings is 1.